The smallest absolute Gasteiger partial charge is 0.273 e. The molecular weight excluding hydrogens is 296 g/mol. The number of benzene rings is 1. The van der Waals surface area contributed by atoms with Gasteiger partial charge in [0, 0.05) is 6.07 Å². The molecule has 2 rings (SSSR count). The Kier molecular flexibility index (Phi) is 4.27. The summed E-state index contributed by atoms with van der Waals surface area (Å²) >= 11 is 0. The lowest BCUT2D eigenvalue weighted by Crippen LogP contribution is -2.11. The lowest BCUT2D eigenvalue weighted by atomic mass is 10.2. The lowest BCUT2D eigenvalue weighted by molar-refractivity contribution is -0.384. The number of hydrogen-bond acceptors (Lipinski definition) is 5. The fraction of sp³-hybridized carbons (Fsp3) is 0.231. The number of rotatable bonds is 5. The van der Waals surface area contributed by atoms with Crippen LogP contribution in [0.2, 0.25) is 0 Å². The zero-order valence-corrected chi connectivity index (χ0v) is 12.1. The van der Waals surface area contributed by atoms with Crippen LogP contribution in [0.5, 0.6) is 5.75 Å². The molecule has 0 fully saturated rings. The zero-order chi connectivity index (χ0) is 15.5. The Bertz CT molecular complexity index is 722. The van der Waals surface area contributed by atoms with Crippen LogP contribution in [0.3, 0.4) is 0 Å². The molecule has 1 aliphatic rings. The number of nitro groups is 1. The van der Waals surface area contributed by atoms with Gasteiger partial charge in [0.15, 0.2) is 5.75 Å². The molecule has 0 bridgehead atoms. The predicted molar refractivity (Wildman–Crippen MR) is 78.6 cm³/mol. The highest BCUT2D eigenvalue weighted by Gasteiger charge is 2.15. The zero-order valence-electron chi connectivity index (χ0n) is 11.3. The van der Waals surface area contributed by atoms with E-state index in [1.807, 2.05) is 12.2 Å². The van der Waals surface area contributed by atoms with Crippen molar-refractivity contribution in [2.24, 2.45) is 0 Å². The van der Waals surface area contributed by atoms with Gasteiger partial charge in [-0.15, -0.1) is 0 Å². The van der Waals surface area contributed by atoms with Gasteiger partial charge in [0.2, 0.25) is 10.0 Å². The maximum atomic E-state index is 11.3. The largest absolute Gasteiger partial charge is 0.455 e. The molecule has 0 saturated carbocycles. The molecule has 0 atom stereocenters. The summed E-state index contributed by atoms with van der Waals surface area (Å²) in [6.07, 6.45) is 8.19. The van der Waals surface area contributed by atoms with E-state index in [2.05, 4.69) is 4.72 Å². The van der Waals surface area contributed by atoms with Crippen LogP contribution in [0, 0.1) is 10.1 Å². The highest BCUT2D eigenvalue weighted by Crippen LogP contribution is 2.32. The molecule has 0 aliphatic heterocycles. The minimum atomic E-state index is -3.51. The fourth-order valence-corrected chi connectivity index (χ4v) is 2.35. The van der Waals surface area contributed by atoms with E-state index < -0.39 is 14.9 Å². The van der Waals surface area contributed by atoms with E-state index >= 15 is 0 Å². The molecule has 112 valence electrons. The highest BCUT2D eigenvalue weighted by atomic mass is 32.2. The van der Waals surface area contributed by atoms with Crippen LogP contribution in [0.15, 0.2) is 42.2 Å². The van der Waals surface area contributed by atoms with Crippen LogP contribution in [0.25, 0.3) is 0 Å². The van der Waals surface area contributed by atoms with Gasteiger partial charge in [-0.1, -0.05) is 6.08 Å². The third-order valence-electron chi connectivity index (χ3n) is 2.66. The number of nitro benzene ring substituents is 1. The molecule has 0 unspecified atom stereocenters. The third-order valence-corrected chi connectivity index (χ3v) is 3.25. The molecule has 7 nitrogen and oxygen atoms in total. The standard InChI is InChI=1S/C13H14N2O5S/c1-21(18,19)14-12-8-7-10(15(16)17)9-13(12)20-11-5-3-2-4-6-11/h3,5-9,14H,2,4H2,1H3. The van der Waals surface area contributed by atoms with Crippen molar-refractivity contribution in [1.29, 1.82) is 0 Å². The maximum absolute atomic E-state index is 11.3. The Morgan fingerprint density at radius 3 is 2.67 bits per heavy atom. The fourth-order valence-electron chi connectivity index (χ4n) is 1.79. The Balaban J connectivity index is 2.38. The van der Waals surface area contributed by atoms with Gasteiger partial charge in [0.1, 0.15) is 5.76 Å². The summed E-state index contributed by atoms with van der Waals surface area (Å²) in [4.78, 5) is 10.3. The number of non-ortho nitro benzene ring substituents is 1. The van der Waals surface area contributed by atoms with Crippen molar-refractivity contribution in [1.82, 2.24) is 0 Å². The molecule has 1 aromatic carbocycles. The Morgan fingerprint density at radius 1 is 1.33 bits per heavy atom. The van der Waals surface area contributed by atoms with Crippen molar-refractivity contribution in [3.05, 3.63) is 52.3 Å². The Hall–Kier alpha value is -2.35. The van der Waals surface area contributed by atoms with Crippen LogP contribution < -0.4 is 9.46 Å². The minimum Gasteiger partial charge on any atom is -0.455 e. The molecule has 0 heterocycles. The molecular formula is C13H14N2O5S. The molecule has 0 spiro atoms. The number of anilines is 1. The van der Waals surface area contributed by atoms with Crippen LogP contribution in [0.4, 0.5) is 11.4 Å². The maximum Gasteiger partial charge on any atom is 0.273 e. The van der Waals surface area contributed by atoms with Crippen LogP contribution in [-0.4, -0.2) is 19.6 Å². The quantitative estimate of drug-likeness (QED) is 0.665. The number of allylic oxidation sites excluding steroid dienone is 3. The number of nitrogens with zero attached hydrogens (tertiary/aromatic N) is 1. The van der Waals surface area contributed by atoms with Crippen LogP contribution in [-0.2, 0) is 10.0 Å². The molecule has 0 aromatic heterocycles. The molecule has 0 radical (unpaired) electrons. The number of hydrogen-bond donors (Lipinski definition) is 1. The summed E-state index contributed by atoms with van der Waals surface area (Å²) in [6.45, 7) is 0. The first-order valence-electron chi connectivity index (χ1n) is 6.16. The summed E-state index contributed by atoms with van der Waals surface area (Å²) in [5, 5.41) is 10.8. The topological polar surface area (TPSA) is 98.5 Å². The van der Waals surface area contributed by atoms with Gasteiger partial charge in [0.25, 0.3) is 5.69 Å². The van der Waals surface area contributed by atoms with Gasteiger partial charge in [-0.25, -0.2) is 8.42 Å². The van der Waals surface area contributed by atoms with Gasteiger partial charge in [-0.05, 0) is 31.1 Å². The van der Waals surface area contributed by atoms with Crippen molar-refractivity contribution in [3.63, 3.8) is 0 Å². The SMILES string of the molecule is CS(=O)(=O)Nc1ccc([N+](=O)[O-])cc1OC1=CCCC=C1. The van der Waals surface area contributed by atoms with E-state index in [0.717, 1.165) is 19.1 Å². The molecule has 1 N–H and O–H groups in total. The first-order valence-corrected chi connectivity index (χ1v) is 8.05. The summed E-state index contributed by atoms with van der Waals surface area (Å²) in [5.74, 6) is 0.616. The van der Waals surface area contributed by atoms with E-state index in [-0.39, 0.29) is 17.1 Å². The number of ether oxygens (including phenoxy) is 1. The van der Waals surface area contributed by atoms with E-state index in [1.54, 1.807) is 6.08 Å². The monoisotopic (exact) mass is 310 g/mol. The van der Waals surface area contributed by atoms with E-state index in [1.165, 1.54) is 18.2 Å². The van der Waals surface area contributed by atoms with E-state index in [0.29, 0.717) is 5.76 Å². The van der Waals surface area contributed by atoms with Crippen molar-refractivity contribution < 1.29 is 18.1 Å². The van der Waals surface area contributed by atoms with Gasteiger partial charge in [0.05, 0.1) is 22.9 Å². The van der Waals surface area contributed by atoms with Gasteiger partial charge >= 0.3 is 0 Å². The summed E-state index contributed by atoms with van der Waals surface area (Å²) in [7, 11) is -3.51. The molecule has 1 aromatic rings. The Labute approximate surface area is 122 Å². The lowest BCUT2D eigenvalue weighted by Gasteiger charge is -2.13. The van der Waals surface area contributed by atoms with E-state index in [9.17, 15) is 18.5 Å². The van der Waals surface area contributed by atoms with Crippen molar-refractivity contribution >= 4 is 21.4 Å². The average molecular weight is 310 g/mol. The van der Waals surface area contributed by atoms with Crippen LogP contribution in [0.1, 0.15) is 12.8 Å². The number of sulfonamides is 1. The molecule has 0 saturated heterocycles. The summed E-state index contributed by atoms with van der Waals surface area (Å²) in [6, 6.07) is 3.71. The average Bonchev–Trinajstić information content (AvgIpc) is 2.40. The highest BCUT2D eigenvalue weighted by molar-refractivity contribution is 7.92. The Morgan fingerprint density at radius 2 is 2.10 bits per heavy atom. The van der Waals surface area contributed by atoms with Crippen molar-refractivity contribution in [2.45, 2.75) is 12.8 Å². The molecule has 1 aliphatic carbocycles. The summed E-state index contributed by atoms with van der Waals surface area (Å²) in [5.41, 5.74) is -0.0209. The van der Waals surface area contributed by atoms with Crippen LogP contribution >= 0.6 is 0 Å². The normalized spacial score (nSPS) is 14.4. The third kappa shape index (κ3) is 4.32. The first kappa shape index (κ1) is 15.0. The first-order chi connectivity index (χ1) is 9.85. The molecule has 8 heteroatoms. The molecule has 21 heavy (non-hydrogen) atoms. The van der Waals surface area contributed by atoms with Crippen molar-refractivity contribution in [3.8, 4) is 5.75 Å². The van der Waals surface area contributed by atoms with E-state index in [4.69, 9.17) is 4.74 Å². The summed E-state index contributed by atoms with van der Waals surface area (Å²) < 4.78 is 30.5. The van der Waals surface area contributed by atoms with Gasteiger partial charge in [-0.2, -0.15) is 0 Å². The molecule has 0 amide bonds. The minimum absolute atomic E-state index is 0.0902. The van der Waals surface area contributed by atoms with Gasteiger partial charge < -0.3 is 4.74 Å². The second-order valence-electron chi connectivity index (χ2n) is 4.50. The predicted octanol–water partition coefficient (Wildman–Crippen LogP) is 2.58. The second-order valence-corrected chi connectivity index (χ2v) is 6.25. The second kappa shape index (κ2) is 5.96. The number of nitrogens with one attached hydrogen (secondary N) is 1. The van der Waals surface area contributed by atoms with Crippen molar-refractivity contribution in [2.75, 3.05) is 11.0 Å². The van der Waals surface area contributed by atoms with Gasteiger partial charge in [-0.3, -0.25) is 14.8 Å².